The van der Waals surface area contributed by atoms with Gasteiger partial charge in [-0.15, -0.1) is 0 Å². The van der Waals surface area contributed by atoms with Gasteiger partial charge in [-0.05, 0) is 32.0 Å². The third-order valence-electron chi connectivity index (χ3n) is 3.30. The molecule has 1 aromatic carbocycles. The van der Waals surface area contributed by atoms with Crippen molar-refractivity contribution in [2.75, 3.05) is 11.1 Å². The Morgan fingerprint density at radius 2 is 2.16 bits per heavy atom. The Labute approximate surface area is 112 Å². The van der Waals surface area contributed by atoms with Gasteiger partial charge in [0, 0.05) is 24.8 Å². The van der Waals surface area contributed by atoms with Gasteiger partial charge in [0.1, 0.15) is 0 Å². The SMILES string of the molecule is Cc1nn(C)c(C)c1CNc1cc(C#N)ccc1N. The highest BCUT2D eigenvalue weighted by Gasteiger charge is 2.09. The first-order valence-corrected chi connectivity index (χ1v) is 6.05. The molecule has 0 fully saturated rings. The van der Waals surface area contributed by atoms with Crippen LogP contribution in [0.1, 0.15) is 22.5 Å². The first-order valence-electron chi connectivity index (χ1n) is 6.05. The van der Waals surface area contributed by atoms with E-state index in [0.29, 0.717) is 17.8 Å². The maximum absolute atomic E-state index is 8.90. The molecule has 98 valence electrons. The van der Waals surface area contributed by atoms with E-state index >= 15 is 0 Å². The van der Waals surface area contributed by atoms with Crippen molar-refractivity contribution in [1.29, 1.82) is 5.26 Å². The molecule has 0 radical (unpaired) electrons. The molecule has 0 aliphatic carbocycles. The van der Waals surface area contributed by atoms with Crippen LogP contribution in [0.3, 0.4) is 0 Å². The molecule has 0 bridgehead atoms. The molecule has 0 atom stereocenters. The minimum Gasteiger partial charge on any atom is -0.397 e. The lowest BCUT2D eigenvalue weighted by atomic mass is 10.1. The summed E-state index contributed by atoms with van der Waals surface area (Å²) >= 11 is 0. The molecule has 5 heteroatoms. The van der Waals surface area contributed by atoms with E-state index in [9.17, 15) is 0 Å². The maximum atomic E-state index is 8.90. The topological polar surface area (TPSA) is 79.7 Å². The van der Waals surface area contributed by atoms with Crippen LogP contribution in [0, 0.1) is 25.2 Å². The zero-order chi connectivity index (χ0) is 14.0. The molecule has 1 aromatic heterocycles. The number of aromatic nitrogens is 2. The second kappa shape index (κ2) is 5.02. The van der Waals surface area contributed by atoms with Gasteiger partial charge in [-0.3, -0.25) is 4.68 Å². The summed E-state index contributed by atoms with van der Waals surface area (Å²) in [6, 6.07) is 7.32. The van der Waals surface area contributed by atoms with Crippen molar-refractivity contribution in [2.24, 2.45) is 7.05 Å². The number of aryl methyl sites for hydroxylation is 2. The van der Waals surface area contributed by atoms with E-state index in [4.69, 9.17) is 11.0 Å². The minimum atomic E-state index is 0.594. The molecule has 0 amide bonds. The summed E-state index contributed by atoms with van der Waals surface area (Å²) in [7, 11) is 1.93. The van der Waals surface area contributed by atoms with E-state index in [-0.39, 0.29) is 0 Å². The van der Waals surface area contributed by atoms with Gasteiger partial charge < -0.3 is 11.1 Å². The fourth-order valence-electron chi connectivity index (χ4n) is 2.04. The van der Waals surface area contributed by atoms with Crippen LogP contribution in [0.4, 0.5) is 11.4 Å². The van der Waals surface area contributed by atoms with Crippen LogP contribution in [0.2, 0.25) is 0 Å². The number of nitrogens with two attached hydrogens (primary N) is 1. The molecule has 0 spiro atoms. The Hall–Kier alpha value is -2.48. The van der Waals surface area contributed by atoms with Crippen molar-refractivity contribution >= 4 is 11.4 Å². The highest BCUT2D eigenvalue weighted by atomic mass is 15.3. The van der Waals surface area contributed by atoms with Crippen molar-refractivity contribution in [3.63, 3.8) is 0 Å². The third-order valence-corrected chi connectivity index (χ3v) is 3.30. The number of benzene rings is 1. The Morgan fingerprint density at radius 3 is 2.74 bits per heavy atom. The quantitative estimate of drug-likeness (QED) is 0.823. The second-order valence-corrected chi connectivity index (χ2v) is 4.54. The van der Waals surface area contributed by atoms with Gasteiger partial charge in [0.25, 0.3) is 0 Å². The van der Waals surface area contributed by atoms with Crippen LogP contribution in [0.5, 0.6) is 0 Å². The number of nitrogens with zero attached hydrogens (tertiary/aromatic N) is 3. The van der Waals surface area contributed by atoms with Gasteiger partial charge >= 0.3 is 0 Å². The van der Waals surface area contributed by atoms with Crippen molar-refractivity contribution in [3.8, 4) is 6.07 Å². The van der Waals surface area contributed by atoms with E-state index in [1.165, 1.54) is 0 Å². The molecule has 2 aromatic rings. The number of hydrogen-bond acceptors (Lipinski definition) is 4. The lowest BCUT2D eigenvalue weighted by molar-refractivity contribution is 0.730. The van der Waals surface area contributed by atoms with E-state index in [2.05, 4.69) is 16.5 Å². The predicted octanol–water partition coefficient (Wildman–Crippen LogP) is 2.10. The third kappa shape index (κ3) is 2.52. The average Bonchev–Trinajstić information content (AvgIpc) is 2.63. The van der Waals surface area contributed by atoms with Gasteiger partial charge in [0.05, 0.1) is 28.7 Å². The standard InChI is InChI=1S/C14H17N5/c1-9-12(10(2)19(3)18-9)8-17-14-6-11(7-15)4-5-13(14)16/h4-6,17H,8,16H2,1-3H3. The molecule has 5 nitrogen and oxygen atoms in total. The van der Waals surface area contributed by atoms with Gasteiger partial charge in [-0.1, -0.05) is 0 Å². The Bertz CT molecular complexity index is 649. The second-order valence-electron chi connectivity index (χ2n) is 4.54. The number of nitrogens with one attached hydrogen (secondary N) is 1. The first kappa shape index (κ1) is 13.0. The molecule has 0 aliphatic rings. The number of nitriles is 1. The lowest BCUT2D eigenvalue weighted by Gasteiger charge is -2.10. The number of nitrogen functional groups attached to an aromatic ring is 1. The monoisotopic (exact) mass is 255 g/mol. The van der Waals surface area contributed by atoms with Crippen LogP contribution in [-0.2, 0) is 13.6 Å². The van der Waals surface area contributed by atoms with Gasteiger partial charge in [-0.2, -0.15) is 10.4 Å². The first-order chi connectivity index (χ1) is 9.02. The lowest BCUT2D eigenvalue weighted by Crippen LogP contribution is -2.05. The molecule has 0 saturated carbocycles. The summed E-state index contributed by atoms with van der Waals surface area (Å²) in [5.41, 5.74) is 11.2. The molecule has 0 unspecified atom stereocenters. The van der Waals surface area contributed by atoms with E-state index in [1.807, 2.05) is 25.6 Å². The predicted molar refractivity (Wildman–Crippen MR) is 75.6 cm³/mol. The fourth-order valence-corrected chi connectivity index (χ4v) is 2.04. The normalized spacial score (nSPS) is 10.2. The Balaban J connectivity index is 2.21. The van der Waals surface area contributed by atoms with E-state index < -0.39 is 0 Å². The van der Waals surface area contributed by atoms with Crippen LogP contribution in [0.25, 0.3) is 0 Å². The van der Waals surface area contributed by atoms with E-state index in [0.717, 1.165) is 22.6 Å². The largest absolute Gasteiger partial charge is 0.397 e. The van der Waals surface area contributed by atoms with Gasteiger partial charge in [0.15, 0.2) is 0 Å². The summed E-state index contributed by atoms with van der Waals surface area (Å²) in [6.07, 6.45) is 0. The highest BCUT2D eigenvalue weighted by molar-refractivity contribution is 5.68. The van der Waals surface area contributed by atoms with Crippen LogP contribution in [-0.4, -0.2) is 9.78 Å². The van der Waals surface area contributed by atoms with Gasteiger partial charge in [-0.25, -0.2) is 0 Å². The van der Waals surface area contributed by atoms with Crippen LogP contribution in [0.15, 0.2) is 18.2 Å². The summed E-state index contributed by atoms with van der Waals surface area (Å²) in [5, 5.41) is 16.5. The zero-order valence-electron chi connectivity index (χ0n) is 11.4. The average molecular weight is 255 g/mol. The molecule has 3 N–H and O–H groups in total. The Morgan fingerprint density at radius 1 is 1.42 bits per heavy atom. The van der Waals surface area contributed by atoms with Crippen molar-refractivity contribution in [2.45, 2.75) is 20.4 Å². The number of hydrogen-bond donors (Lipinski definition) is 2. The van der Waals surface area contributed by atoms with Crippen LogP contribution < -0.4 is 11.1 Å². The fraction of sp³-hybridized carbons (Fsp3) is 0.286. The number of rotatable bonds is 3. The van der Waals surface area contributed by atoms with Crippen LogP contribution >= 0.6 is 0 Å². The number of anilines is 2. The highest BCUT2D eigenvalue weighted by Crippen LogP contribution is 2.21. The minimum absolute atomic E-state index is 0.594. The summed E-state index contributed by atoms with van der Waals surface area (Å²) in [6.45, 7) is 4.66. The smallest absolute Gasteiger partial charge is 0.0992 e. The van der Waals surface area contributed by atoms with Crippen molar-refractivity contribution < 1.29 is 0 Å². The molecule has 2 rings (SSSR count). The molecule has 0 saturated heterocycles. The Kier molecular flexibility index (Phi) is 3.43. The van der Waals surface area contributed by atoms with Crippen molar-refractivity contribution in [3.05, 3.63) is 40.7 Å². The zero-order valence-corrected chi connectivity index (χ0v) is 11.4. The van der Waals surface area contributed by atoms with Gasteiger partial charge in [0.2, 0.25) is 0 Å². The summed E-state index contributed by atoms with van der Waals surface area (Å²) < 4.78 is 1.86. The molecular weight excluding hydrogens is 238 g/mol. The molecule has 19 heavy (non-hydrogen) atoms. The molecule has 1 heterocycles. The molecular formula is C14H17N5. The molecule has 0 aliphatic heterocycles. The maximum Gasteiger partial charge on any atom is 0.0992 e. The summed E-state index contributed by atoms with van der Waals surface area (Å²) in [5.74, 6) is 0. The van der Waals surface area contributed by atoms with E-state index in [1.54, 1.807) is 18.2 Å². The van der Waals surface area contributed by atoms with Crippen molar-refractivity contribution in [1.82, 2.24) is 9.78 Å². The summed E-state index contributed by atoms with van der Waals surface area (Å²) in [4.78, 5) is 0.